The van der Waals surface area contributed by atoms with Crippen molar-refractivity contribution in [1.82, 2.24) is 19.5 Å². The first kappa shape index (κ1) is 9.86. The molecule has 0 fully saturated rings. The average Bonchev–Trinajstić information content (AvgIpc) is 2.41. The maximum Gasteiger partial charge on any atom is 0.179 e. The lowest BCUT2D eigenvalue weighted by Gasteiger charge is -2.00. The van der Waals surface area contributed by atoms with Crippen LogP contribution in [0.5, 0.6) is 0 Å². The monoisotopic (exact) mass is 274 g/mol. The molecule has 0 amide bonds. The highest BCUT2D eigenvalue weighted by Gasteiger charge is 2.12. The molecule has 2 aromatic rings. The van der Waals surface area contributed by atoms with Gasteiger partial charge in [-0.2, -0.15) is 0 Å². The molecule has 4 nitrogen and oxygen atoms in total. The third kappa shape index (κ3) is 1.40. The molecule has 14 heavy (non-hydrogen) atoms. The number of rotatable bonds is 1. The first-order chi connectivity index (χ1) is 6.63. The molecule has 0 aliphatic heterocycles. The number of hydrogen-bond donors (Lipinski definition) is 0. The molecule has 0 radical (unpaired) electrons. The summed E-state index contributed by atoms with van der Waals surface area (Å²) in [4.78, 5) is 12.6. The second-order valence-corrected chi connectivity index (χ2v) is 3.93. The van der Waals surface area contributed by atoms with Crippen molar-refractivity contribution in [1.29, 1.82) is 0 Å². The van der Waals surface area contributed by atoms with E-state index in [2.05, 4.69) is 30.9 Å². The molecule has 0 aliphatic rings. The summed E-state index contributed by atoms with van der Waals surface area (Å²) in [7, 11) is 0. The van der Waals surface area contributed by atoms with E-state index in [-0.39, 0.29) is 0 Å². The van der Waals surface area contributed by atoms with Crippen molar-refractivity contribution in [3.63, 3.8) is 0 Å². The van der Waals surface area contributed by atoms with Crippen molar-refractivity contribution >= 4 is 38.7 Å². The summed E-state index contributed by atoms with van der Waals surface area (Å²) in [6, 6.07) is 0. The molecule has 0 atom stereocenters. The lowest BCUT2D eigenvalue weighted by Crippen LogP contribution is -1.97. The van der Waals surface area contributed by atoms with Crippen LogP contribution in [0.3, 0.4) is 0 Å². The number of aromatic nitrogens is 4. The van der Waals surface area contributed by atoms with Crippen LogP contribution in [0.25, 0.3) is 11.2 Å². The van der Waals surface area contributed by atoms with E-state index in [1.165, 1.54) is 0 Å². The van der Waals surface area contributed by atoms with Gasteiger partial charge in [0.2, 0.25) is 0 Å². The minimum absolute atomic E-state index is 0.403. The van der Waals surface area contributed by atoms with Gasteiger partial charge in [-0.15, -0.1) is 0 Å². The lowest BCUT2D eigenvalue weighted by atomic mass is 10.5. The number of nitrogens with zero attached hydrogens (tertiary/aromatic N) is 4. The van der Waals surface area contributed by atoms with Crippen LogP contribution in [0.4, 0.5) is 0 Å². The Balaban J connectivity index is 2.87. The quantitative estimate of drug-likeness (QED) is 0.593. The van der Waals surface area contributed by atoms with Gasteiger partial charge < -0.3 is 4.57 Å². The average molecular weight is 276 g/mol. The van der Waals surface area contributed by atoms with Gasteiger partial charge in [0.15, 0.2) is 15.5 Å². The number of fused-ring (bicyclic) bond motifs is 1. The summed E-state index contributed by atoms with van der Waals surface area (Å²) < 4.78 is 2.67. The summed E-state index contributed by atoms with van der Waals surface area (Å²) in [6.07, 6.45) is 0. The molecule has 0 unspecified atom stereocenters. The maximum absolute atomic E-state index is 5.96. The van der Waals surface area contributed by atoms with Crippen LogP contribution in [0.15, 0.2) is 4.73 Å². The van der Waals surface area contributed by atoms with Crippen molar-refractivity contribution in [3.05, 3.63) is 15.7 Å². The molecule has 2 aromatic heterocycles. The third-order valence-corrected chi connectivity index (χ3v) is 2.80. The number of imidazole rings is 1. The molecule has 6 heteroatoms. The normalized spacial score (nSPS) is 11.1. The predicted molar refractivity (Wildman–Crippen MR) is 58.4 cm³/mol. The molecule has 0 aliphatic carbocycles. The standard InChI is InChI=1S/C8H8BrClN4/c1-3-14-7-5(13-8(14)9)6(10)11-4(2)12-7/h3H2,1-2H3. The molecule has 0 spiro atoms. The van der Waals surface area contributed by atoms with Crippen LogP contribution in [0.2, 0.25) is 5.15 Å². The van der Waals surface area contributed by atoms with E-state index in [1.807, 2.05) is 18.4 Å². The fraction of sp³-hybridized carbons (Fsp3) is 0.375. The molecule has 2 heterocycles. The van der Waals surface area contributed by atoms with Gasteiger partial charge in [0.1, 0.15) is 11.3 Å². The molecule has 2 rings (SSSR count). The Labute approximate surface area is 94.5 Å². The Morgan fingerprint density at radius 2 is 2.07 bits per heavy atom. The molecule has 74 valence electrons. The van der Waals surface area contributed by atoms with Crippen LogP contribution < -0.4 is 0 Å². The predicted octanol–water partition coefficient (Wildman–Crippen LogP) is 2.57. The van der Waals surface area contributed by atoms with Gasteiger partial charge in [-0.05, 0) is 29.8 Å². The van der Waals surface area contributed by atoms with E-state index in [9.17, 15) is 0 Å². The number of hydrogen-bond acceptors (Lipinski definition) is 3. The van der Waals surface area contributed by atoms with Crippen LogP contribution in [0, 0.1) is 6.92 Å². The first-order valence-electron chi connectivity index (χ1n) is 4.19. The zero-order chi connectivity index (χ0) is 10.3. The Hall–Kier alpha value is -0.680. The van der Waals surface area contributed by atoms with Crippen molar-refractivity contribution in [2.75, 3.05) is 0 Å². The van der Waals surface area contributed by atoms with E-state index in [0.717, 1.165) is 16.9 Å². The van der Waals surface area contributed by atoms with Crippen LogP contribution in [-0.2, 0) is 6.54 Å². The number of aryl methyl sites for hydroxylation is 2. The SMILES string of the molecule is CCn1c(Br)nc2c(Cl)nc(C)nc21. The van der Waals surface area contributed by atoms with Crippen molar-refractivity contribution in [2.24, 2.45) is 0 Å². The minimum atomic E-state index is 0.403. The van der Waals surface area contributed by atoms with Gasteiger partial charge in [0.05, 0.1) is 0 Å². The minimum Gasteiger partial charge on any atom is -0.303 e. The van der Waals surface area contributed by atoms with Crippen molar-refractivity contribution < 1.29 is 0 Å². The van der Waals surface area contributed by atoms with Gasteiger partial charge in [-0.1, -0.05) is 11.6 Å². The van der Waals surface area contributed by atoms with Gasteiger partial charge in [0, 0.05) is 6.54 Å². The zero-order valence-electron chi connectivity index (χ0n) is 7.75. The Morgan fingerprint density at radius 3 is 2.71 bits per heavy atom. The van der Waals surface area contributed by atoms with Crippen LogP contribution in [0.1, 0.15) is 12.7 Å². The van der Waals surface area contributed by atoms with Gasteiger partial charge in [0.25, 0.3) is 0 Å². The van der Waals surface area contributed by atoms with Crippen LogP contribution >= 0.6 is 27.5 Å². The highest BCUT2D eigenvalue weighted by atomic mass is 79.9. The Bertz CT molecular complexity index is 494. The maximum atomic E-state index is 5.96. The summed E-state index contributed by atoms with van der Waals surface area (Å²) in [5.74, 6) is 0.657. The zero-order valence-corrected chi connectivity index (χ0v) is 10.1. The molecule has 0 N–H and O–H groups in total. The molecule has 0 bridgehead atoms. The Morgan fingerprint density at radius 1 is 1.36 bits per heavy atom. The van der Waals surface area contributed by atoms with Gasteiger partial charge >= 0.3 is 0 Å². The molecule has 0 saturated heterocycles. The third-order valence-electron chi connectivity index (χ3n) is 1.93. The number of halogens is 2. The second kappa shape index (κ2) is 3.47. The van der Waals surface area contributed by atoms with Crippen molar-refractivity contribution in [2.45, 2.75) is 20.4 Å². The van der Waals surface area contributed by atoms with E-state index < -0.39 is 0 Å². The van der Waals surface area contributed by atoms with Gasteiger partial charge in [-0.25, -0.2) is 15.0 Å². The molecular weight excluding hydrogens is 267 g/mol. The molecular formula is C8H8BrClN4. The van der Waals surface area contributed by atoms with E-state index >= 15 is 0 Å². The highest BCUT2D eigenvalue weighted by molar-refractivity contribution is 9.10. The molecule has 0 aromatic carbocycles. The van der Waals surface area contributed by atoms with E-state index in [4.69, 9.17) is 11.6 Å². The summed E-state index contributed by atoms with van der Waals surface area (Å²) in [5, 5.41) is 0.403. The van der Waals surface area contributed by atoms with E-state index in [1.54, 1.807) is 0 Å². The smallest absolute Gasteiger partial charge is 0.179 e. The summed E-state index contributed by atoms with van der Waals surface area (Å²) >= 11 is 9.31. The Kier molecular flexibility index (Phi) is 2.45. The summed E-state index contributed by atoms with van der Waals surface area (Å²) in [5.41, 5.74) is 1.42. The van der Waals surface area contributed by atoms with E-state index in [0.29, 0.717) is 16.5 Å². The van der Waals surface area contributed by atoms with Crippen LogP contribution in [-0.4, -0.2) is 19.5 Å². The van der Waals surface area contributed by atoms with Gasteiger partial charge in [-0.3, -0.25) is 0 Å². The molecule has 0 saturated carbocycles. The lowest BCUT2D eigenvalue weighted by molar-refractivity contribution is 0.755. The largest absolute Gasteiger partial charge is 0.303 e. The second-order valence-electron chi connectivity index (χ2n) is 2.86. The fourth-order valence-electron chi connectivity index (χ4n) is 1.32. The summed E-state index contributed by atoms with van der Waals surface area (Å²) in [6.45, 7) is 4.63. The van der Waals surface area contributed by atoms with Crippen molar-refractivity contribution in [3.8, 4) is 0 Å². The topological polar surface area (TPSA) is 43.6 Å². The highest BCUT2D eigenvalue weighted by Crippen LogP contribution is 2.23. The first-order valence-corrected chi connectivity index (χ1v) is 5.36. The fourth-order valence-corrected chi connectivity index (χ4v) is 2.17.